The first-order valence-corrected chi connectivity index (χ1v) is 7.89. The van der Waals surface area contributed by atoms with Crippen LogP contribution in [0, 0.1) is 0 Å². The van der Waals surface area contributed by atoms with Crippen molar-refractivity contribution in [2.24, 2.45) is 5.73 Å². The minimum absolute atomic E-state index is 0.245. The predicted molar refractivity (Wildman–Crippen MR) is 82.9 cm³/mol. The van der Waals surface area contributed by atoms with Crippen LogP contribution in [-0.2, 0) is 11.3 Å². The molecule has 0 radical (unpaired) electrons. The molecule has 0 bridgehead atoms. The number of hydrogen-bond acceptors (Lipinski definition) is 3. The van der Waals surface area contributed by atoms with Crippen LogP contribution in [0.5, 0.6) is 0 Å². The molecule has 1 aromatic carbocycles. The summed E-state index contributed by atoms with van der Waals surface area (Å²) in [7, 11) is 2.15. The minimum atomic E-state index is 0.245. The molecule has 1 unspecified atom stereocenters. The smallest absolute Gasteiger partial charge is 0.0758 e. The maximum absolute atomic E-state index is 6.39. The average molecular weight is 274 g/mol. The fourth-order valence-corrected chi connectivity index (χ4v) is 3.71. The summed E-state index contributed by atoms with van der Waals surface area (Å²) in [4.78, 5) is 2.30. The fraction of sp³-hybridized carbons (Fsp3) is 0.647. The van der Waals surface area contributed by atoms with E-state index in [2.05, 4.69) is 36.2 Å². The zero-order valence-electron chi connectivity index (χ0n) is 12.5. The van der Waals surface area contributed by atoms with E-state index in [0.29, 0.717) is 12.6 Å². The van der Waals surface area contributed by atoms with E-state index < -0.39 is 0 Å². The van der Waals surface area contributed by atoms with Crippen LogP contribution in [0.25, 0.3) is 0 Å². The topological polar surface area (TPSA) is 38.5 Å². The summed E-state index contributed by atoms with van der Waals surface area (Å²) in [5.41, 5.74) is 8.32. The van der Waals surface area contributed by atoms with E-state index in [0.717, 1.165) is 6.54 Å². The molecular formula is C17H26N2O. The van der Waals surface area contributed by atoms with Crippen LogP contribution in [0.1, 0.15) is 44.1 Å². The predicted octanol–water partition coefficient (Wildman–Crippen LogP) is 3.07. The van der Waals surface area contributed by atoms with Gasteiger partial charge in [0.15, 0.2) is 0 Å². The molecule has 0 amide bonds. The Bertz CT molecular complexity index is 437. The summed E-state index contributed by atoms with van der Waals surface area (Å²) < 4.78 is 6.39. The fourth-order valence-electron chi connectivity index (χ4n) is 3.71. The molecule has 3 nitrogen and oxygen atoms in total. The monoisotopic (exact) mass is 274 g/mol. The van der Waals surface area contributed by atoms with Gasteiger partial charge < -0.3 is 15.4 Å². The molecule has 1 heterocycles. The van der Waals surface area contributed by atoms with Crippen LogP contribution in [0.4, 0.5) is 5.69 Å². The Hall–Kier alpha value is -1.06. The highest BCUT2D eigenvalue weighted by molar-refractivity contribution is 5.47. The molecule has 1 spiro atoms. The van der Waals surface area contributed by atoms with E-state index in [-0.39, 0.29) is 5.60 Å². The summed E-state index contributed by atoms with van der Waals surface area (Å²) in [5, 5.41) is 0. The first-order chi connectivity index (χ1) is 9.71. The van der Waals surface area contributed by atoms with Crippen molar-refractivity contribution in [2.45, 2.75) is 56.8 Å². The second-order valence-electron chi connectivity index (χ2n) is 6.42. The van der Waals surface area contributed by atoms with Gasteiger partial charge in [0.2, 0.25) is 0 Å². The molecule has 0 aromatic heterocycles. The molecule has 1 aromatic rings. The molecule has 1 aliphatic carbocycles. The molecule has 1 atom stereocenters. The van der Waals surface area contributed by atoms with Gasteiger partial charge in [0.1, 0.15) is 0 Å². The van der Waals surface area contributed by atoms with E-state index in [4.69, 9.17) is 10.5 Å². The lowest BCUT2D eigenvalue weighted by molar-refractivity contribution is -0.0324. The van der Waals surface area contributed by atoms with Crippen LogP contribution < -0.4 is 10.6 Å². The third kappa shape index (κ3) is 2.84. The van der Waals surface area contributed by atoms with Crippen LogP contribution >= 0.6 is 0 Å². The molecule has 2 N–H and O–H groups in total. The van der Waals surface area contributed by atoms with E-state index in [1.807, 2.05) is 0 Å². The SMILES string of the molecule is CN(CC1CCC2(CCCC2)O1)c1ccc(CN)cc1. The highest BCUT2D eigenvalue weighted by atomic mass is 16.5. The van der Waals surface area contributed by atoms with Crippen molar-refractivity contribution in [3.63, 3.8) is 0 Å². The molecule has 1 saturated carbocycles. The molecule has 3 heteroatoms. The van der Waals surface area contributed by atoms with Gasteiger partial charge in [-0.1, -0.05) is 25.0 Å². The van der Waals surface area contributed by atoms with Crippen molar-refractivity contribution in [3.05, 3.63) is 29.8 Å². The number of anilines is 1. The van der Waals surface area contributed by atoms with Gasteiger partial charge in [-0.05, 0) is 43.4 Å². The summed E-state index contributed by atoms with van der Waals surface area (Å²) in [5.74, 6) is 0. The van der Waals surface area contributed by atoms with Gasteiger partial charge in [0.05, 0.1) is 11.7 Å². The van der Waals surface area contributed by atoms with Gasteiger partial charge in [0, 0.05) is 25.8 Å². The van der Waals surface area contributed by atoms with Gasteiger partial charge in [-0.3, -0.25) is 0 Å². The van der Waals surface area contributed by atoms with E-state index in [9.17, 15) is 0 Å². The lowest BCUT2D eigenvalue weighted by Crippen LogP contribution is -2.32. The molecular weight excluding hydrogens is 248 g/mol. The lowest BCUT2D eigenvalue weighted by Gasteiger charge is -2.27. The molecule has 20 heavy (non-hydrogen) atoms. The second-order valence-corrected chi connectivity index (χ2v) is 6.42. The highest BCUT2D eigenvalue weighted by Gasteiger charge is 2.42. The summed E-state index contributed by atoms with van der Waals surface area (Å²) in [6, 6.07) is 8.53. The maximum atomic E-state index is 6.39. The van der Waals surface area contributed by atoms with Gasteiger partial charge in [-0.2, -0.15) is 0 Å². The maximum Gasteiger partial charge on any atom is 0.0758 e. The van der Waals surface area contributed by atoms with Crippen LogP contribution in [0.15, 0.2) is 24.3 Å². The first-order valence-electron chi connectivity index (χ1n) is 7.89. The summed E-state index contributed by atoms with van der Waals surface area (Å²) in [6.45, 7) is 1.60. The summed E-state index contributed by atoms with van der Waals surface area (Å²) in [6.07, 6.45) is 8.12. The number of likely N-dealkylation sites (N-methyl/N-ethyl adjacent to an activating group) is 1. The Kier molecular flexibility index (Phi) is 3.99. The average Bonchev–Trinajstić information content (AvgIpc) is 3.09. The van der Waals surface area contributed by atoms with Crippen LogP contribution in [0.2, 0.25) is 0 Å². The van der Waals surface area contributed by atoms with Gasteiger partial charge in [-0.25, -0.2) is 0 Å². The van der Waals surface area contributed by atoms with Gasteiger partial charge in [-0.15, -0.1) is 0 Å². The Labute approximate surface area is 122 Å². The van der Waals surface area contributed by atoms with Crippen molar-refractivity contribution in [3.8, 4) is 0 Å². The molecule has 1 saturated heterocycles. The zero-order valence-corrected chi connectivity index (χ0v) is 12.5. The first kappa shape index (κ1) is 13.9. The van der Waals surface area contributed by atoms with Crippen LogP contribution in [0.3, 0.4) is 0 Å². The zero-order chi connectivity index (χ0) is 14.0. The van der Waals surface area contributed by atoms with E-state index in [1.54, 1.807) is 0 Å². The highest BCUT2D eigenvalue weighted by Crippen LogP contribution is 2.43. The number of rotatable bonds is 4. The Morgan fingerprint density at radius 2 is 1.90 bits per heavy atom. The number of nitrogens with zero attached hydrogens (tertiary/aromatic N) is 1. The third-order valence-corrected chi connectivity index (χ3v) is 4.94. The largest absolute Gasteiger partial charge is 0.372 e. The Morgan fingerprint density at radius 1 is 1.20 bits per heavy atom. The summed E-state index contributed by atoms with van der Waals surface area (Å²) >= 11 is 0. The standard InChI is InChI=1S/C17H26N2O/c1-19(15-6-4-14(12-18)5-7-15)13-16-8-11-17(20-16)9-2-3-10-17/h4-7,16H,2-3,8-13,18H2,1H3. The van der Waals surface area contributed by atoms with Crippen LogP contribution in [-0.4, -0.2) is 25.3 Å². The van der Waals surface area contributed by atoms with Gasteiger partial charge in [0.25, 0.3) is 0 Å². The molecule has 2 fully saturated rings. The normalized spacial score (nSPS) is 24.4. The van der Waals surface area contributed by atoms with Gasteiger partial charge >= 0.3 is 0 Å². The lowest BCUT2D eigenvalue weighted by atomic mass is 9.98. The third-order valence-electron chi connectivity index (χ3n) is 4.94. The number of ether oxygens (including phenoxy) is 1. The molecule has 1 aliphatic heterocycles. The number of benzene rings is 1. The van der Waals surface area contributed by atoms with Crippen molar-refractivity contribution in [2.75, 3.05) is 18.5 Å². The minimum Gasteiger partial charge on any atom is -0.372 e. The number of nitrogens with two attached hydrogens (primary N) is 1. The molecule has 3 rings (SSSR count). The molecule has 2 aliphatic rings. The quantitative estimate of drug-likeness (QED) is 0.917. The Morgan fingerprint density at radius 3 is 2.55 bits per heavy atom. The van der Waals surface area contributed by atoms with E-state index >= 15 is 0 Å². The van der Waals surface area contributed by atoms with E-state index in [1.165, 1.54) is 49.8 Å². The van der Waals surface area contributed by atoms with Crippen molar-refractivity contribution in [1.82, 2.24) is 0 Å². The number of hydrogen-bond donors (Lipinski definition) is 1. The second kappa shape index (κ2) is 5.74. The molecule has 110 valence electrons. The van der Waals surface area contributed by atoms with Crippen molar-refractivity contribution in [1.29, 1.82) is 0 Å². The Balaban J connectivity index is 1.57. The van der Waals surface area contributed by atoms with Crippen molar-refractivity contribution >= 4 is 5.69 Å². The van der Waals surface area contributed by atoms with Crippen molar-refractivity contribution < 1.29 is 4.74 Å².